The van der Waals surface area contributed by atoms with Crippen molar-refractivity contribution in [1.82, 2.24) is 4.98 Å². The molecule has 0 spiro atoms. The van der Waals surface area contributed by atoms with Gasteiger partial charge in [0.15, 0.2) is 0 Å². The van der Waals surface area contributed by atoms with Gasteiger partial charge in [-0.2, -0.15) is 0 Å². The number of hydrogen-bond donors (Lipinski definition) is 0. The lowest BCUT2D eigenvalue weighted by molar-refractivity contribution is -0.108. The van der Waals surface area contributed by atoms with E-state index in [2.05, 4.69) is 11.1 Å². The van der Waals surface area contributed by atoms with E-state index in [4.69, 9.17) is 11.6 Å². The third-order valence-electron chi connectivity index (χ3n) is 2.80. The molecule has 0 aliphatic carbocycles. The first-order valence-electron chi connectivity index (χ1n) is 6.01. The normalized spacial score (nSPS) is 11.4. The van der Waals surface area contributed by atoms with Crippen molar-refractivity contribution in [2.45, 2.75) is 13.3 Å². The highest BCUT2D eigenvalue weighted by Crippen LogP contribution is 2.13. The van der Waals surface area contributed by atoms with Crippen molar-refractivity contribution < 1.29 is 4.79 Å². The van der Waals surface area contributed by atoms with E-state index in [1.54, 1.807) is 19.2 Å². The van der Waals surface area contributed by atoms with Gasteiger partial charge in [0.2, 0.25) is 5.24 Å². The second-order valence-electron chi connectivity index (χ2n) is 4.38. The molecule has 96 valence electrons. The van der Waals surface area contributed by atoms with E-state index in [1.165, 1.54) is 11.1 Å². The van der Waals surface area contributed by atoms with Crippen LogP contribution in [0.5, 0.6) is 0 Å². The summed E-state index contributed by atoms with van der Waals surface area (Å²) in [6, 6.07) is 12.0. The van der Waals surface area contributed by atoms with Crippen molar-refractivity contribution in [2.75, 3.05) is 0 Å². The van der Waals surface area contributed by atoms with Crippen molar-refractivity contribution in [3.63, 3.8) is 0 Å². The number of rotatable bonds is 4. The summed E-state index contributed by atoms with van der Waals surface area (Å²) in [5.41, 5.74) is 3.90. The molecule has 0 saturated heterocycles. The molecule has 0 atom stereocenters. The van der Waals surface area contributed by atoms with E-state index in [-0.39, 0.29) is 0 Å². The minimum absolute atomic E-state index is 0.417. The van der Waals surface area contributed by atoms with E-state index in [0.717, 1.165) is 12.0 Å². The first-order valence-corrected chi connectivity index (χ1v) is 6.39. The van der Waals surface area contributed by atoms with Crippen molar-refractivity contribution in [1.29, 1.82) is 0 Å². The largest absolute Gasteiger partial charge is 0.276 e. The predicted octanol–water partition coefficient (Wildman–Crippen LogP) is 3.84. The average molecular weight is 272 g/mol. The number of halogens is 1. The van der Waals surface area contributed by atoms with Gasteiger partial charge in [-0.3, -0.25) is 9.78 Å². The zero-order chi connectivity index (χ0) is 13.7. The quantitative estimate of drug-likeness (QED) is 0.625. The third-order valence-corrected chi connectivity index (χ3v) is 3.10. The molecule has 19 heavy (non-hydrogen) atoms. The number of allylic oxidation sites excluding steroid dienone is 1. The molecule has 0 fully saturated rings. The van der Waals surface area contributed by atoms with Gasteiger partial charge in [0, 0.05) is 18.0 Å². The molecule has 0 N–H and O–H groups in total. The first-order chi connectivity index (χ1) is 9.15. The van der Waals surface area contributed by atoms with Crippen molar-refractivity contribution in [2.24, 2.45) is 0 Å². The fourth-order valence-corrected chi connectivity index (χ4v) is 1.83. The van der Waals surface area contributed by atoms with E-state index < -0.39 is 5.24 Å². The fraction of sp³-hybridized carbons (Fsp3) is 0.125. The summed E-state index contributed by atoms with van der Waals surface area (Å²) in [6.07, 6.45) is 6.27. The molecule has 2 rings (SSSR count). The summed E-state index contributed by atoms with van der Waals surface area (Å²) in [6.45, 7) is 1.71. The van der Waals surface area contributed by atoms with Crippen LogP contribution in [0, 0.1) is 0 Å². The number of pyridine rings is 1. The van der Waals surface area contributed by atoms with Crippen LogP contribution in [0.25, 0.3) is 6.08 Å². The highest BCUT2D eigenvalue weighted by atomic mass is 35.5. The van der Waals surface area contributed by atoms with Crippen LogP contribution in [-0.2, 0) is 11.2 Å². The zero-order valence-corrected chi connectivity index (χ0v) is 11.4. The highest BCUT2D eigenvalue weighted by Gasteiger charge is 2.00. The maximum absolute atomic E-state index is 10.9. The number of nitrogens with zero attached hydrogens (tertiary/aromatic N) is 1. The van der Waals surface area contributed by atoms with Gasteiger partial charge in [-0.15, -0.1) is 0 Å². The molecule has 1 heterocycles. The molecule has 2 aromatic rings. The van der Waals surface area contributed by atoms with Crippen LogP contribution in [0.15, 0.2) is 54.4 Å². The van der Waals surface area contributed by atoms with E-state index in [0.29, 0.717) is 5.57 Å². The smallest absolute Gasteiger partial charge is 0.248 e. The standard InChI is InChI=1S/C16H14ClNO/c1-12(16(17)19)9-13-4-6-14(7-5-13)10-15-3-2-8-18-11-15/h2-9,11H,10H2,1H3. The molecular formula is C16H14ClNO. The molecular weight excluding hydrogens is 258 g/mol. The van der Waals surface area contributed by atoms with E-state index in [9.17, 15) is 4.79 Å². The maximum atomic E-state index is 10.9. The molecule has 3 heteroatoms. The Kier molecular flexibility index (Phi) is 4.48. The number of carbonyl (C=O) groups is 1. The molecule has 0 amide bonds. The summed E-state index contributed by atoms with van der Waals surface area (Å²) in [4.78, 5) is 15.0. The van der Waals surface area contributed by atoms with Gasteiger partial charge in [-0.1, -0.05) is 30.3 Å². The Labute approximate surface area is 117 Å². The van der Waals surface area contributed by atoms with Crippen LogP contribution >= 0.6 is 11.6 Å². The minimum Gasteiger partial charge on any atom is -0.276 e. The van der Waals surface area contributed by atoms with Crippen LogP contribution in [0.1, 0.15) is 23.6 Å². The van der Waals surface area contributed by atoms with Gasteiger partial charge < -0.3 is 0 Å². The summed E-state index contributed by atoms with van der Waals surface area (Å²) >= 11 is 5.40. The zero-order valence-electron chi connectivity index (χ0n) is 10.6. The number of carbonyl (C=O) groups excluding carboxylic acids is 1. The number of hydrogen-bond acceptors (Lipinski definition) is 2. The molecule has 2 nitrogen and oxygen atoms in total. The van der Waals surface area contributed by atoms with Gasteiger partial charge in [-0.25, -0.2) is 0 Å². The van der Waals surface area contributed by atoms with Crippen molar-refractivity contribution >= 4 is 22.9 Å². The second kappa shape index (κ2) is 6.30. The van der Waals surface area contributed by atoms with Crippen molar-refractivity contribution in [3.8, 4) is 0 Å². The highest BCUT2D eigenvalue weighted by molar-refractivity contribution is 6.68. The minimum atomic E-state index is -0.417. The number of aromatic nitrogens is 1. The molecule has 0 bridgehead atoms. The molecule has 0 saturated carbocycles. The fourth-order valence-electron chi connectivity index (χ4n) is 1.78. The van der Waals surface area contributed by atoms with Crippen molar-refractivity contribution in [3.05, 3.63) is 71.1 Å². The molecule has 0 aliphatic heterocycles. The van der Waals surface area contributed by atoms with Crippen LogP contribution in [-0.4, -0.2) is 10.2 Å². The predicted molar refractivity (Wildman–Crippen MR) is 78.0 cm³/mol. The molecule has 0 aliphatic rings. The van der Waals surface area contributed by atoms with Gasteiger partial charge in [-0.05, 0) is 53.8 Å². The lowest BCUT2D eigenvalue weighted by Crippen LogP contribution is -1.90. The lowest BCUT2D eigenvalue weighted by Gasteiger charge is -2.02. The molecule has 1 aromatic carbocycles. The molecule has 0 radical (unpaired) electrons. The van der Waals surface area contributed by atoms with E-state index in [1.807, 2.05) is 36.5 Å². The Bertz CT molecular complexity index is 588. The Morgan fingerprint density at radius 3 is 2.53 bits per heavy atom. The summed E-state index contributed by atoms with van der Waals surface area (Å²) in [7, 11) is 0. The maximum Gasteiger partial charge on any atom is 0.248 e. The van der Waals surface area contributed by atoms with Gasteiger partial charge >= 0.3 is 0 Å². The average Bonchev–Trinajstić information content (AvgIpc) is 2.42. The molecule has 1 aromatic heterocycles. The first kappa shape index (κ1) is 13.5. The summed E-state index contributed by atoms with van der Waals surface area (Å²) < 4.78 is 0. The third kappa shape index (κ3) is 4.04. The van der Waals surface area contributed by atoms with Crippen LogP contribution < -0.4 is 0 Å². The summed E-state index contributed by atoms with van der Waals surface area (Å²) in [5, 5.41) is -0.417. The Balaban J connectivity index is 2.11. The van der Waals surface area contributed by atoms with Gasteiger partial charge in [0.1, 0.15) is 0 Å². The van der Waals surface area contributed by atoms with Crippen LogP contribution in [0.4, 0.5) is 0 Å². The topological polar surface area (TPSA) is 30.0 Å². The Morgan fingerprint density at radius 1 is 1.21 bits per heavy atom. The lowest BCUT2D eigenvalue weighted by atomic mass is 10.0. The van der Waals surface area contributed by atoms with Crippen LogP contribution in [0.3, 0.4) is 0 Å². The van der Waals surface area contributed by atoms with E-state index >= 15 is 0 Å². The monoisotopic (exact) mass is 271 g/mol. The Hall–Kier alpha value is -1.93. The Morgan fingerprint density at radius 2 is 1.95 bits per heavy atom. The second-order valence-corrected chi connectivity index (χ2v) is 4.72. The van der Waals surface area contributed by atoms with Crippen LogP contribution in [0.2, 0.25) is 0 Å². The number of benzene rings is 1. The molecule has 0 unspecified atom stereocenters. The summed E-state index contributed by atoms with van der Waals surface area (Å²) in [5.74, 6) is 0. The van der Waals surface area contributed by atoms with Gasteiger partial charge in [0.05, 0.1) is 0 Å². The SMILES string of the molecule is CC(=Cc1ccc(Cc2cccnc2)cc1)C(=O)Cl. The van der Waals surface area contributed by atoms with Gasteiger partial charge in [0.25, 0.3) is 0 Å².